The van der Waals surface area contributed by atoms with Gasteiger partial charge in [0.2, 0.25) is 5.88 Å². The summed E-state index contributed by atoms with van der Waals surface area (Å²) < 4.78 is 19.5. The van der Waals surface area contributed by atoms with Crippen molar-refractivity contribution in [3.05, 3.63) is 65.9 Å². The van der Waals surface area contributed by atoms with Crippen LogP contribution in [0.5, 0.6) is 5.88 Å². The van der Waals surface area contributed by atoms with Crippen LogP contribution in [0.2, 0.25) is 0 Å². The van der Waals surface area contributed by atoms with E-state index in [4.69, 9.17) is 10.00 Å². The number of carbonyl (C=O) groups excluding carboxylic acids is 1. The molecule has 142 valence electrons. The highest BCUT2D eigenvalue weighted by molar-refractivity contribution is 5.94. The zero-order valence-corrected chi connectivity index (χ0v) is 15.1. The molecule has 7 nitrogen and oxygen atoms in total. The predicted molar refractivity (Wildman–Crippen MR) is 99.7 cm³/mol. The minimum atomic E-state index is -0.565. The van der Waals surface area contributed by atoms with E-state index in [1.165, 1.54) is 29.5 Å². The van der Waals surface area contributed by atoms with Crippen molar-refractivity contribution in [3.8, 4) is 11.9 Å². The molecular weight excluding hydrogens is 361 g/mol. The largest absolute Gasteiger partial charge is 0.478 e. The molecule has 0 spiro atoms. The lowest BCUT2D eigenvalue weighted by atomic mass is 10.1. The zero-order chi connectivity index (χ0) is 19.9. The highest BCUT2D eigenvalue weighted by Gasteiger charge is 2.32. The number of carbonyl (C=O) groups is 1. The number of hydrogen-bond donors (Lipinski definition) is 0. The monoisotopic (exact) mass is 379 g/mol. The van der Waals surface area contributed by atoms with E-state index in [0.29, 0.717) is 42.9 Å². The standard InChI is InChI=1S/C20H18FN5O2/c1-14(4-3-11-28-18-7-6-15(12-22)13-24-18)20(27)26-17(8-10-25-26)19-16(21)5-2-9-23-19/h2,5-7,9-10,13,17H,1,3-4,8,11H2. The molecule has 8 heteroatoms. The molecule has 3 heterocycles. The van der Waals surface area contributed by atoms with Gasteiger partial charge >= 0.3 is 0 Å². The summed E-state index contributed by atoms with van der Waals surface area (Å²) in [6.45, 7) is 4.17. The van der Waals surface area contributed by atoms with Gasteiger partial charge in [-0.2, -0.15) is 10.4 Å². The van der Waals surface area contributed by atoms with Crippen molar-refractivity contribution in [1.82, 2.24) is 15.0 Å². The molecule has 28 heavy (non-hydrogen) atoms. The Morgan fingerprint density at radius 1 is 1.39 bits per heavy atom. The van der Waals surface area contributed by atoms with Crippen LogP contribution in [0.15, 0.2) is 53.9 Å². The van der Waals surface area contributed by atoms with Gasteiger partial charge < -0.3 is 4.74 Å². The van der Waals surface area contributed by atoms with Crippen LogP contribution in [-0.2, 0) is 4.79 Å². The molecule has 0 aromatic carbocycles. The van der Waals surface area contributed by atoms with E-state index >= 15 is 0 Å². The fourth-order valence-electron chi connectivity index (χ4n) is 2.74. The molecule has 1 aliphatic heterocycles. The van der Waals surface area contributed by atoms with Gasteiger partial charge in [0.25, 0.3) is 5.91 Å². The van der Waals surface area contributed by atoms with Crippen LogP contribution in [0.4, 0.5) is 4.39 Å². The van der Waals surface area contributed by atoms with Gasteiger partial charge in [0, 0.05) is 36.7 Å². The van der Waals surface area contributed by atoms with E-state index in [9.17, 15) is 9.18 Å². The summed E-state index contributed by atoms with van der Waals surface area (Å²) in [5.41, 5.74) is 1.00. The van der Waals surface area contributed by atoms with Crippen LogP contribution in [0.3, 0.4) is 0 Å². The Labute approximate surface area is 161 Å². The lowest BCUT2D eigenvalue weighted by molar-refractivity contribution is -0.129. The van der Waals surface area contributed by atoms with Gasteiger partial charge in [-0.3, -0.25) is 9.78 Å². The summed E-state index contributed by atoms with van der Waals surface area (Å²) >= 11 is 0. The van der Waals surface area contributed by atoms with Crippen LogP contribution in [-0.4, -0.2) is 33.7 Å². The Morgan fingerprint density at radius 3 is 2.96 bits per heavy atom. The van der Waals surface area contributed by atoms with E-state index < -0.39 is 11.9 Å². The smallest absolute Gasteiger partial charge is 0.269 e. The normalized spacial score (nSPS) is 15.3. The van der Waals surface area contributed by atoms with E-state index in [1.54, 1.807) is 18.3 Å². The second-order valence-electron chi connectivity index (χ2n) is 6.12. The first-order valence-electron chi connectivity index (χ1n) is 8.73. The van der Waals surface area contributed by atoms with Crippen LogP contribution in [0, 0.1) is 17.1 Å². The summed E-state index contributed by atoms with van der Waals surface area (Å²) in [7, 11) is 0. The third kappa shape index (κ3) is 4.38. The first kappa shape index (κ1) is 19.2. The van der Waals surface area contributed by atoms with Gasteiger partial charge in [-0.1, -0.05) is 6.58 Å². The number of hydrazone groups is 1. The molecular formula is C20H18FN5O2. The summed E-state index contributed by atoms with van der Waals surface area (Å²) in [6, 6.07) is 7.47. The minimum absolute atomic E-state index is 0.191. The zero-order valence-electron chi connectivity index (χ0n) is 15.1. The molecule has 0 bridgehead atoms. The van der Waals surface area contributed by atoms with Crippen LogP contribution in [0.1, 0.15) is 36.6 Å². The summed E-state index contributed by atoms with van der Waals surface area (Å²) in [6.07, 6.45) is 5.85. The Morgan fingerprint density at radius 2 is 2.25 bits per heavy atom. The molecule has 2 aromatic heterocycles. The molecule has 0 fully saturated rings. The van der Waals surface area contributed by atoms with Crippen molar-refractivity contribution in [2.45, 2.75) is 25.3 Å². The van der Waals surface area contributed by atoms with Crippen LogP contribution >= 0.6 is 0 Å². The first-order valence-corrected chi connectivity index (χ1v) is 8.73. The Kier molecular flexibility index (Phi) is 6.07. The van der Waals surface area contributed by atoms with Crippen molar-refractivity contribution in [1.29, 1.82) is 5.26 Å². The molecule has 2 aromatic rings. The molecule has 1 aliphatic rings. The average Bonchev–Trinajstić information content (AvgIpc) is 3.20. The molecule has 1 unspecified atom stereocenters. The van der Waals surface area contributed by atoms with Gasteiger partial charge in [0.1, 0.15) is 23.6 Å². The number of nitrogens with zero attached hydrogens (tertiary/aromatic N) is 5. The summed E-state index contributed by atoms with van der Waals surface area (Å²) in [5.74, 6) is -0.421. The summed E-state index contributed by atoms with van der Waals surface area (Å²) in [4.78, 5) is 20.7. The Hall–Kier alpha value is -3.60. The Bertz CT molecular complexity index is 936. The molecule has 0 N–H and O–H groups in total. The predicted octanol–water partition coefficient (Wildman–Crippen LogP) is 3.16. The van der Waals surface area contributed by atoms with E-state index in [2.05, 4.69) is 21.6 Å². The van der Waals surface area contributed by atoms with Gasteiger partial charge in [-0.15, -0.1) is 0 Å². The maximum absolute atomic E-state index is 14.0. The topological polar surface area (TPSA) is 91.5 Å². The van der Waals surface area contributed by atoms with Crippen molar-refractivity contribution in [2.75, 3.05) is 6.61 Å². The van der Waals surface area contributed by atoms with Crippen LogP contribution in [0.25, 0.3) is 0 Å². The third-order valence-corrected chi connectivity index (χ3v) is 4.18. The SMILES string of the molecule is C=C(CCCOc1ccc(C#N)cn1)C(=O)N1N=CCC1c1ncccc1F. The number of hydrogen-bond acceptors (Lipinski definition) is 6. The molecule has 0 saturated heterocycles. The maximum atomic E-state index is 14.0. The molecule has 1 atom stereocenters. The number of aromatic nitrogens is 2. The lowest BCUT2D eigenvalue weighted by Crippen LogP contribution is -2.29. The van der Waals surface area contributed by atoms with Crippen molar-refractivity contribution in [3.63, 3.8) is 0 Å². The first-order chi connectivity index (χ1) is 13.6. The lowest BCUT2D eigenvalue weighted by Gasteiger charge is -2.22. The fourth-order valence-corrected chi connectivity index (χ4v) is 2.74. The highest BCUT2D eigenvalue weighted by atomic mass is 19.1. The molecule has 0 saturated carbocycles. The highest BCUT2D eigenvalue weighted by Crippen LogP contribution is 2.30. The molecule has 3 rings (SSSR count). The van der Waals surface area contributed by atoms with E-state index in [0.717, 1.165) is 0 Å². The Balaban J connectivity index is 1.51. The van der Waals surface area contributed by atoms with Crippen molar-refractivity contribution < 1.29 is 13.9 Å². The molecule has 0 aliphatic carbocycles. The number of halogens is 1. The van der Waals surface area contributed by atoms with E-state index in [1.807, 2.05) is 6.07 Å². The van der Waals surface area contributed by atoms with Gasteiger partial charge in [-0.05, 0) is 31.0 Å². The second kappa shape index (κ2) is 8.86. The molecule has 1 amide bonds. The average molecular weight is 379 g/mol. The van der Waals surface area contributed by atoms with Crippen molar-refractivity contribution >= 4 is 12.1 Å². The van der Waals surface area contributed by atoms with Crippen molar-refractivity contribution in [2.24, 2.45) is 5.10 Å². The van der Waals surface area contributed by atoms with Gasteiger partial charge in [0.05, 0.1) is 12.2 Å². The third-order valence-electron chi connectivity index (χ3n) is 4.18. The second-order valence-corrected chi connectivity index (χ2v) is 6.12. The number of amides is 1. The van der Waals surface area contributed by atoms with Crippen LogP contribution < -0.4 is 4.74 Å². The number of rotatable bonds is 7. The number of pyridine rings is 2. The fraction of sp³-hybridized carbons (Fsp3) is 0.250. The number of ether oxygens (including phenoxy) is 1. The molecule has 0 radical (unpaired) electrons. The van der Waals surface area contributed by atoms with Gasteiger partial charge in [-0.25, -0.2) is 14.4 Å². The van der Waals surface area contributed by atoms with Gasteiger partial charge in [0.15, 0.2) is 0 Å². The maximum Gasteiger partial charge on any atom is 0.269 e. The van der Waals surface area contributed by atoms with E-state index in [-0.39, 0.29) is 11.6 Å². The quantitative estimate of drug-likeness (QED) is 0.544. The number of nitriles is 1. The minimum Gasteiger partial charge on any atom is -0.478 e. The summed E-state index contributed by atoms with van der Waals surface area (Å²) in [5, 5.41) is 14.0.